The summed E-state index contributed by atoms with van der Waals surface area (Å²) in [5, 5.41) is 14.7. The van der Waals surface area contributed by atoms with Gasteiger partial charge in [-0.3, -0.25) is 0 Å². The Balaban J connectivity index is 2.10. The number of aliphatic hydroxyl groups excluding tert-OH is 1. The first kappa shape index (κ1) is 15.6. The maximum absolute atomic E-state index is 9.72. The number of nitrogens with zero attached hydrogens (tertiary/aromatic N) is 1. The van der Waals surface area contributed by atoms with E-state index in [0.29, 0.717) is 27.1 Å². The Morgan fingerprint density at radius 2 is 1.68 bits per heavy atom. The second-order valence-corrected chi connectivity index (χ2v) is 6.36. The van der Waals surface area contributed by atoms with Crippen LogP contribution in [0.5, 0.6) is 0 Å². The average molecular weight is 399 g/mol. The van der Waals surface area contributed by atoms with Gasteiger partial charge in [-0.2, -0.15) is 0 Å². The van der Waals surface area contributed by atoms with Crippen LogP contribution in [-0.4, -0.2) is 10.3 Å². The molecule has 1 heterocycles. The smallest absolute Gasteiger partial charge is 0.173 e. The second-order valence-electron chi connectivity index (χ2n) is 4.63. The Labute approximate surface area is 145 Å². The molecular weight excluding hydrogens is 389 g/mol. The lowest BCUT2D eigenvalue weighted by Gasteiger charge is -2.03. The summed E-state index contributed by atoms with van der Waals surface area (Å²) in [6.45, 7) is -0.190. The molecule has 0 aliphatic carbocycles. The van der Waals surface area contributed by atoms with Gasteiger partial charge in [0.15, 0.2) is 5.76 Å². The van der Waals surface area contributed by atoms with Crippen LogP contribution in [0.15, 0.2) is 51.5 Å². The molecule has 0 unspecified atom stereocenters. The van der Waals surface area contributed by atoms with Crippen molar-refractivity contribution < 1.29 is 9.63 Å². The number of aromatic nitrogens is 1. The van der Waals surface area contributed by atoms with Gasteiger partial charge in [-0.1, -0.05) is 62.5 Å². The van der Waals surface area contributed by atoms with Crippen LogP contribution < -0.4 is 0 Å². The van der Waals surface area contributed by atoms with Crippen LogP contribution >= 0.6 is 39.1 Å². The Bertz CT molecular complexity index is 816. The molecule has 112 valence electrons. The zero-order chi connectivity index (χ0) is 15.7. The molecule has 1 aromatic heterocycles. The number of aliphatic hydroxyl groups is 1. The first-order valence-corrected chi connectivity index (χ1v) is 7.96. The molecule has 0 aliphatic rings. The fourth-order valence-electron chi connectivity index (χ4n) is 2.15. The summed E-state index contributed by atoms with van der Waals surface area (Å²) in [5.74, 6) is 0.538. The molecule has 0 saturated heterocycles. The van der Waals surface area contributed by atoms with Gasteiger partial charge in [0, 0.05) is 15.6 Å². The predicted octanol–water partition coefficient (Wildman–Crippen LogP) is 5.57. The van der Waals surface area contributed by atoms with E-state index >= 15 is 0 Å². The third-order valence-electron chi connectivity index (χ3n) is 3.25. The molecule has 3 aromatic rings. The van der Waals surface area contributed by atoms with E-state index in [4.69, 9.17) is 27.7 Å². The van der Waals surface area contributed by atoms with Gasteiger partial charge < -0.3 is 9.63 Å². The highest BCUT2D eigenvalue weighted by Gasteiger charge is 2.18. The first-order chi connectivity index (χ1) is 10.6. The third-order valence-corrected chi connectivity index (χ3v) is 4.51. The minimum Gasteiger partial charge on any atom is -0.391 e. The minimum atomic E-state index is -0.190. The lowest BCUT2D eigenvalue weighted by molar-refractivity contribution is 0.281. The average Bonchev–Trinajstić information content (AvgIpc) is 2.94. The topological polar surface area (TPSA) is 46.3 Å². The molecule has 0 aliphatic heterocycles. The summed E-state index contributed by atoms with van der Waals surface area (Å²) in [5.41, 5.74) is 2.75. The molecule has 0 bridgehead atoms. The number of halogens is 3. The molecule has 0 spiro atoms. The highest BCUT2D eigenvalue weighted by molar-refractivity contribution is 9.10. The highest BCUT2D eigenvalue weighted by Crippen LogP contribution is 2.35. The monoisotopic (exact) mass is 397 g/mol. The zero-order valence-electron chi connectivity index (χ0n) is 11.2. The molecule has 0 fully saturated rings. The third kappa shape index (κ3) is 2.92. The van der Waals surface area contributed by atoms with Crippen molar-refractivity contribution in [2.45, 2.75) is 6.61 Å². The maximum atomic E-state index is 9.72. The van der Waals surface area contributed by atoms with Crippen molar-refractivity contribution in [2.75, 3.05) is 0 Å². The van der Waals surface area contributed by atoms with Crippen LogP contribution in [0.4, 0.5) is 0 Å². The van der Waals surface area contributed by atoms with Crippen LogP contribution in [-0.2, 0) is 6.61 Å². The van der Waals surface area contributed by atoms with E-state index in [1.807, 2.05) is 24.3 Å². The quantitative estimate of drug-likeness (QED) is 0.627. The van der Waals surface area contributed by atoms with Crippen LogP contribution in [0, 0.1) is 0 Å². The summed E-state index contributed by atoms with van der Waals surface area (Å²) in [4.78, 5) is 0. The van der Waals surface area contributed by atoms with Crippen molar-refractivity contribution in [2.24, 2.45) is 0 Å². The second kappa shape index (κ2) is 6.42. The van der Waals surface area contributed by atoms with Crippen molar-refractivity contribution in [3.8, 4) is 22.6 Å². The van der Waals surface area contributed by atoms with Crippen molar-refractivity contribution in [1.82, 2.24) is 5.16 Å². The molecule has 2 aromatic carbocycles. The van der Waals surface area contributed by atoms with Crippen LogP contribution in [0.25, 0.3) is 22.6 Å². The Hall–Kier alpha value is -1.33. The molecule has 3 rings (SSSR count). The maximum Gasteiger partial charge on any atom is 0.173 e. The van der Waals surface area contributed by atoms with Gasteiger partial charge in [-0.05, 0) is 24.3 Å². The predicted molar refractivity (Wildman–Crippen MR) is 91.0 cm³/mol. The SMILES string of the molecule is OCc1c(-c2ccc(Cl)c(Cl)c2)noc1-c1ccc(Br)cc1. The highest BCUT2D eigenvalue weighted by atomic mass is 79.9. The molecular formula is C16H10BrCl2NO2. The van der Waals surface area contributed by atoms with Gasteiger partial charge in [-0.15, -0.1) is 0 Å². The Morgan fingerprint density at radius 1 is 1.00 bits per heavy atom. The molecule has 0 saturated carbocycles. The number of hydrogen-bond donors (Lipinski definition) is 1. The van der Waals surface area contributed by atoms with Crippen molar-refractivity contribution in [3.05, 3.63) is 62.5 Å². The van der Waals surface area contributed by atoms with Crippen molar-refractivity contribution in [3.63, 3.8) is 0 Å². The van der Waals surface area contributed by atoms with Crippen LogP contribution in [0.2, 0.25) is 10.0 Å². The lowest BCUT2D eigenvalue weighted by atomic mass is 10.0. The fourth-order valence-corrected chi connectivity index (χ4v) is 2.72. The summed E-state index contributed by atoms with van der Waals surface area (Å²) in [6, 6.07) is 12.8. The molecule has 0 radical (unpaired) electrons. The van der Waals surface area contributed by atoms with Gasteiger partial charge in [0.1, 0.15) is 5.69 Å². The van der Waals surface area contributed by atoms with Crippen molar-refractivity contribution >= 4 is 39.1 Å². The normalized spacial score (nSPS) is 10.9. The summed E-state index contributed by atoms with van der Waals surface area (Å²) in [6.07, 6.45) is 0. The molecule has 1 N–H and O–H groups in total. The summed E-state index contributed by atoms with van der Waals surface area (Å²) >= 11 is 15.4. The van der Waals surface area contributed by atoms with E-state index < -0.39 is 0 Å². The van der Waals surface area contributed by atoms with Crippen molar-refractivity contribution in [1.29, 1.82) is 0 Å². The summed E-state index contributed by atoms with van der Waals surface area (Å²) < 4.78 is 6.40. The minimum absolute atomic E-state index is 0.190. The van der Waals surface area contributed by atoms with Gasteiger partial charge >= 0.3 is 0 Å². The van der Waals surface area contributed by atoms with E-state index in [1.54, 1.807) is 18.2 Å². The molecule has 3 nitrogen and oxygen atoms in total. The van der Waals surface area contributed by atoms with Gasteiger partial charge in [0.05, 0.1) is 22.2 Å². The fraction of sp³-hybridized carbons (Fsp3) is 0.0625. The standard InChI is InChI=1S/C16H10BrCl2NO2/c17-11-4-1-9(2-5-11)16-12(8-21)15(20-22-16)10-3-6-13(18)14(19)7-10/h1-7,21H,8H2. The lowest BCUT2D eigenvalue weighted by Crippen LogP contribution is -1.89. The van der Waals surface area contributed by atoms with Gasteiger partial charge in [-0.25, -0.2) is 0 Å². The number of rotatable bonds is 3. The van der Waals surface area contributed by atoms with E-state index in [-0.39, 0.29) is 6.61 Å². The Morgan fingerprint density at radius 3 is 2.32 bits per heavy atom. The van der Waals surface area contributed by atoms with E-state index in [2.05, 4.69) is 21.1 Å². The zero-order valence-corrected chi connectivity index (χ0v) is 14.3. The number of hydrogen-bond acceptors (Lipinski definition) is 3. The van der Waals surface area contributed by atoms with E-state index in [9.17, 15) is 5.11 Å². The van der Waals surface area contributed by atoms with Gasteiger partial charge in [0.2, 0.25) is 0 Å². The van der Waals surface area contributed by atoms with E-state index in [0.717, 1.165) is 15.6 Å². The molecule has 6 heteroatoms. The summed E-state index contributed by atoms with van der Waals surface area (Å²) in [7, 11) is 0. The molecule has 0 atom stereocenters. The largest absolute Gasteiger partial charge is 0.391 e. The van der Waals surface area contributed by atoms with Crippen LogP contribution in [0.1, 0.15) is 5.56 Å². The number of benzene rings is 2. The molecule has 22 heavy (non-hydrogen) atoms. The first-order valence-electron chi connectivity index (χ1n) is 6.41. The Kier molecular flexibility index (Phi) is 4.54. The van der Waals surface area contributed by atoms with Gasteiger partial charge in [0.25, 0.3) is 0 Å². The molecule has 0 amide bonds. The van der Waals surface area contributed by atoms with Crippen LogP contribution in [0.3, 0.4) is 0 Å². The van der Waals surface area contributed by atoms with E-state index in [1.165, 1.54) is 0 Å².